The highest BCUT2D eigenvalue weighted by Gasteiger charge is 2.21. The van der Waals surface area contributed by atoms with Crippen LogP contribution in [0.3, 0.4) is 0 Å². The second kappa shape index (κ2) is 23.6. The fraction of sp³-hybridized carbons (Fsp3) is 0.242. The molecule has 5 heterocycles. The van der Waals surface area contributed by atoms with Crippen molar-refractivity contribution in [3.8, 4) is 44.5 Å². The Kier molecular flexibility index (Phi) is 16.2. The van der Waals surface area contributed by atoms with E-state index < -0.39 is 17.5 Å². The van der Waals surface area contributed by atoms with Gasteiger partial charge in [-0.05, 0) is 144 Å². The molecule has 0 aliphatic carbocycles. The molecular weight excluding hydrogens is 913 g/mol. The molecule has 3 aromatic heterocycles. The average Bonchev–Trinajstić information content (AvgIpc) is 4.27. The van der Waals surface area contributed by atoms with E-state index in [-0.39, 0.29) is 0 Å². The smallest absolute Gasteiger partial charge is 0.343 e. The molecule has 4 N–H and O–H groups in total. The van der Waals surface area contributed by atoms with E-state index in [4.69, 9.17) is 9.97 Å². The summed E-state index contributed by atoms with van der Waals surface area (Å²) in [6.07, 6.45) is 25.7. The van der Waals surface area contributed by atoms with Crippen LogP contribution < -0.4 is 0 Å². The molecule has 9 rings (SSSR count). The molecule has 2 aliphatic rings. The molecule has 0 radical (unpaired) electrons. The quantitative estimate of drug-likeness (QED) is 0.0260. The van der Waals surface area contributed by atoms with Gasteiger partial charge in [0.25, 0.3) is 0 Å². The third-order valence-electron chi connectivity index (χ3n) is 14.1. The maximum Gasteiger partial charge on any atom is 0.343 e. The van der Waals surface area contributed by atoms with Crippen LogP contribution in [0.5, 0.6) is 0 Å². The average molecular weight is 979 g/mol. The number of fused-ring (bicyclic) bond motifs is 8. The van der Waals surface area contributed by atoms with E-state index in [9.17, 15) is 19.8 Å². The number of nitrogens with one attached hydrogen (secondary N) is 2. The van der Waals surface area contributed by atoms with Gasteiger partial charge in [-0.3, -0.25) is 0 Å². The van der Waals surface area contributed by atoms with Gasteiger partial charge in [0.15, 0.2) is 0 Å². The van der Waals surface area contributed by atoms with Crippen LogP contribution in [0.25, 0.3) is 97.0 Å². The molecular formula is C66H66N4O4. The van der Waals surface area contributed by atoms with Crippen LogP contribution in [0.1, 0.15) is 130 Å². The number of aromatic amines is 2. The molecule has 8 nitrogen and oxygen atoms in total. The second-order valence-electron chi connectivity index (χ2n) is 19.5. The van der Waals surface area contributed by atoms with Crippen LogP contribution in [0.2, 0.25) is 0 Å². The summed E-state index contributed by atoms with van der Waals surface area (Å²) in [5, 5.41) is 19.6. The number of aryl methyl sites for hydroxylation is 4. The summed E-state index contributed by atoms with van der Waals surface area (Å²) in [5.74, 6) is -3.04. The first-order valence-corrected chi connectivity index (χ1v) is 26.6. The Morgan fingerprint density at radius 2 is 0.784 bits per heavy atom. The van der Waals surface area contributed by atoms with Gasteiger partial charge >= 0.3 is 11.9 Å². The lowest BCUT2D eigenvalue weighted by Crippen LogP contribution is -2.10. The van der Waals surface area contributed by atoms with Crippen molar-refractivity contribution in [2.45, 2.75) is 105 Å². The number of nitrogens with zero attached hydrogens (tertiary/aromatic N) is 2. The number of carbonyl (C=O) groups is 2. The van der Waals surface area contributed by atoms with Crippen molar-refractivity contribution in [3.63, 3.8) is 0 Å². The van der Waals surface area contributed by atoms with Gasteiger partial charge in [0, 0.05) is 44.4 Å². The van der Waals surface area contributed by atoms with Crippen molar-refractivity contribution in [2.75, 3.05) is 0 Å². The molecule has 8 heteroatoms. The third kappa shape index (κ3) is 11.4. The Morgan fingerprint density at radius 3 is 1.14 bits per heavy atom. The highest BCUT2D eigenvalue weighted by atomic mass is 16.4. The predicted molar refractivity (Wildman–Crippen MR) is 307 cm³/mol. The standard InChI is InChI=1S/C66H66N4O4/c1-5-9-14-43-20-28-47(29-21-43)60-53-36-37-54(67-53)61(48-30-22-44(23-31-48)15-10-6-2)56-40-41-58(69-56)63(50-34-26-46(27-35-50)17-12-8-4)64-51(18-13-19-52(65(71)72)66(73)74)42-59(70-64)62(57-39-38-55(60)68-57)49-32-24-45(25-33-49)16-11-7-3/h13,18-42,67,70H,5-12,14-17H2,1-4H3,(H,71,72)(H,73,74)/b18-13+,60-53?,60-55?,61-54?,61-56?,62-57?,62-59?,63-58?,64-63?. The summed E-state index contributed by atoms with van der Waals surface area (Å²) in [7, 11) is 0. The number of hydrogen-bond donors (Lipinski definition) is 4. The second-order valence-corrected chi connectivity index (χ2v) is 19.5. The minimum Gasteiger partial charge on any atom is -0.477 e. The van der Waals surface area contributed by atoms with Crippen molar-refractivity contribution in [1.29, 1.82) is 0 Å². The van der Waals surface area contributed by atoms with Crippen LogP contribution >= 0.6 is 0 Å². The van der Waals surface area contributed by atoms with Crippen molar-refractivity contribution < 1.29 is 19.8 Å². The Hall–Kier alpha value is -8.10. The number of benzene rings is 4. The van der Waals surface area contributed by atoms with Gasteiger partial charge in [-0.15, -0.1) is 0 Å². The number of allylic oxidation sites excluding steroid dienone is 2. The molecule has 0 atom stereocenters. The monoisotopic (exact) mass is 979 g/mol. The van der Waals surface area contributed by atoms with Gasteiger partial charge in [-0.1, -0.05) is 163 Å². The summed E-state index contributed by atoms with van der Waals surface area (Å²) in [5.41, 5.74) is 19.2. The zero-order valence-corrected chi connectivity index (χ0v) is 43.1. The first-order valence-electron chi connectivity index (χ1n) is 26.6. The number of aromatic nitrogens is 4. The van der Waals surface area contributed by atoms with Gasteiger partial charge in [0.1, 0.15) is 5.57 Å². The van der Waals surface area contributed by atoms with Crippen LogP contribution in [-0.4, -0.2) is 42.1 Å². The molecule has 4 aromatic carbocycles. The Labute approximate surface area is 435 Å². The van der Waals surface area contributed by atoms with Gasteiger partial charge in [0.05, 0.1) is 28.3 Å². The van der Waals surface area contributed by atoms with E-state index in [2.05, 4.69) is 177 Å². The summed E-state index contributed by atoms with van der Waals surface area (Å²) in [4.78, 5) is 43.1. The van der Waals surface area contributed by atoms with E-state index in [1.807, 2.05) is 0 Å². The largest absolute Gasteiger partial charge is 0.477 e. The molecule has 0 saturated carbocycles. The summed E-state index contributed by atoms with van der Waals surface area (Å²) >= 11 is 0. The van der Waals surface area contributed by atoms with Crippen molar-refractivity contribution in [2.24, 2.45) is 0 Å². The minimum absolute atomic E-state index is 0.713. The summed E-state index contributed by atoms with van der Waals surface area (Å²) in [6, 6.07) is 41.6. The number of H-pyrrole nitrogens is 2. The van der Waals surface area contributed by atoms with Crippen molar-refractivity contribution in [1.82, 2.24) is 19.9 Å². The fourth-order valence-corrected chi connectivity index (χ4v) is 10.0. The van der Waals surface area contributed by atoms with Crippen LogP contribution in [0, 0.1) is 0 Å². The van der Waals surface area contributed by atoms with Gasteiger partial charge < -0.3 is 20.2 Å². The Bertz CT molecular complexity index is 3440. The highest BCUT2D eigenvalue weighted by Crippen LogP contribution is 2.40. The molecule has 0 amide bonds. The maximum absolute atomic E-state index is 12.1. The van der Waals surface area contributed by atoms with Gasteiger partial charge in [-0.25, -0.2) is 19.6 Å². The zero-order chi connectivity index (χ0) is 51.6. The third-order valence-corrected chi connectivity index (χ3v) is 14.1. The minimum atomic E-state index is -1.52. The lowest BCUT2D eigenvalue weighted by atomic mass is 9.98. The fourth-order valence-electron chi connectivity index (χ4n) is 10.0. The van der Waals surface area contributed by atoms with E-state index in [0.717, 1.165) is 172 Å². The number of hydrogen-bond acceptors (Lipinski definition) is 4. The molecule has 7 aromatic rings. The number of aliphatic carboxylic acids is 2. The van der Waals surface area contributed by atoms with Crippen LogP contribution in [-0.2, 0) is 35.3 Å². The van der Waals surface area contributed by atoms with Crippen molar-refractivity contribution in [3.05, 3.63) is 184 Å². The molecule has 2 aliphatic heterocycles. The number of carboxylic acid groups (broad SMARTS) is 2. The van der Waals surface area contributed by atoms with Crippen LogP contribution in [0.15, 0.2) is 133 Å². The summed E-state index contributed by atoms with van der Waals surface area (Å²) < 4.78 is 0. The lowest BCUT2D eigenvalue weighted by Gasteiger charge is -2.09. The predicted octanol–water partition coefficient (Wildman–Crippen LogP) is 16.8. The van der Waals surface area contributed by atoms with Gasteiger partial charge in [0.2, 0.25) is 0 Å². The Balaban J connectivity index is 1.43. The maximum atomic E-state index is 12.1. The molecule has 0 spiro atoms. The van der Waals surface area contributed by atoms with E-state index in [1.165, 1.54) is 28.3 Å². The van der Waals surface area contributed by atoms with E-state index in [1.54, 1.807) is 6.08 Å². The SMILES string of the molecule is CCCCc1ccc(-c2c3nc(c(-c4ccc(CCCC)cc4)c4cc(/C=C/C=C(C(=O)O)C(=O)O)c([nH]4)c(-c4ccc(CCCC)cc4)c4nc(c(-c5ccc(CCCC)cc5)c5ccc2[nH]5)C=C4)C=C3)cc1. The zero-order valence-electron chi connectivity index (χ0n) is 43.1. The first-order chi connectivity index (χ1) is 36.2. The highest BCUT2D eigenvalue weighted by molar-refractivity contribution is 6.13. The van der Waals surface area contributed by atoms with Gasteiger partial charge in [-0.2, -0.15) is 0 Å². The molecule has 374 valence electrons. The van der Waals surface area contributed by atoms with E-state index in [0.29, 0.717) is 5.56 Å². The summed E-state index contributed by atoms with van der Waals surface area (Å²) in [6.45, 7) is 8.85. The molecule has 0 unspecified atom stereocenters. The molecule has 74 heavy (non-hydrogen) atoms. The molecule has 8 bridgehead atoms. The molecule has 0 saturated heterocycles. The Morgan fingerprint density at radius 1 is 0.446 bits per heavy atom. The van der Waals surface area contributed by atoms with Crippen molar-refractivity contribution >= 4 is 64.4 Å². The first kappa shape index (κ1) is 50.8. The number of rotatable bonds is 20. The van der Waals surface area contributed by atoms with E-state index >= 15 is 0 Å². The van der Waals surface area contributed by atoms with Crippen LogP contribution in [0.4, 0.5) is 0 Å². The number of unbranched alkanes of at least 4 members (excludes halogenated alkanes) is 4. The lowest BCUT2D eigenvalue weighted by molar-refractivity contribution is -0.140. The number of carboxylic acids is 2. The topological polar surface area (TPSA) is 132 Å². The normalized spacial score (nSPS) is 11.9. The molecule has 0 fully saturated rings.